The van der Waals surface area contributed by atoms with Gasteiger partial charge < -0.3 is 9.73 Å². The molecule has 0 fully saturated rings. The summed E-state index contributed by atoms with van der Waals surface area (Å²) in [5, 5.41) is 11.3. The first kappa shape index (κ1) is 14.5. The van der Waals surface area contributed by atoms with Gasteiger partial charge in [-0.1, -0.05) is 18.1 Å². The third-order valence-electron chi connectivity index (χ3n) is 2.98. The van der Waals surface area contributed by atoms with Crippen molar-refractivity contribution in [2.45, 2.75) is 26.3 Å². The van der Waals surface area contributed by atoms with Crippen LogP contribution in [0.25, 0.3) is 0 Å². The molecule has 0 aliphatic carbocycles. The van der Waals surface area contributed by atoms with E-state index in [1.807, 2.05) is 6.92 Å². The number of benzene rings is 1. The van der Waals surface area contributed by atoms with Gasteiger partial charge in [-0.15, -0.1) is 5.10 Å². The van der Waals surface area contributed by atoms with E-state index < -0.39 is 0 Å². The van der Waals surface area contributed by atoms with Gasteiger partial charge in [0.1, 0.15) is 5.82 Å². The Morgan fingerprint density at radius 1 is 1.40 bits per heavy atom. The first-order valence-corrected chi connectivity index (χ1v) is 6.68. The van der Waals surface area contributed by atoms with Gasteiger partial charge in [-0.05, 0) is 38.1 Å². The van der Waals surface area contributed by atoms with Crippen molar-refractivity contribution in [3.63, 3.8) is 0 Å². The second-order valence-corrected chi connectivity index (χ2v) is 4.64. The van der Waals surface area contributed by atoms with Crippen molar-refractivity contribution in [3.8, 4) is 0 Å². The maximum atomic E-state index is 13.2. The lowest BCUT2D eigenvalue weighted by molar-refractivity contribution is 0.420. The maximum absolute atomic E-state index is 13.2. The summed E-state index contributed by atoms with van der Waals surface area (Å²) in [5.74, 6) is 0.226. The molecule has 0 amide bonds. The highest BCUT2D eigenvalue weighted by molar-refractivity contribution is 5.54. The summed E-state index contributed by atoms with van der Waals surface area (Å²) < 4.78 is 18.8. The van der Waals surface area contributed by atoms with Crippen LogP contribution in [0.1, 0.15) is 32.2 Å². The topological polar surface area (TPSA) is 54.2 Å². The van der Waals surface area contributed by atoms with Crippen molar-refractivity contribution < 1.29 is 8.81 Å². The Balaban J connectivity index is 2.12. The Labute approximate surface area is 117 Å². The van der Waals surface area contributed by atoms with Crippen LogP contribution in [0.2, 0.25) is 0 Å². The second kappa shape index (κ2) is 6.47. The highest BCUT2D eigenvalue weighted by Gasteiger charge is 2.16. The molecule has 2 rings (SSSR count). The minimum atomic E-state index is -0.299. The fourth-order valence-electron chi connectivity index (χ4n) is 1.78. The van der Waals surface area contributed by atoms with Crippen molar-refractivity contribution in [1.82, 2.24) is 15.5 Å². The van der Waals surface area contributed by atoms with Gasteiger partial charge >= 0.3 is 6.01 Å². The molecule has 0 saturated heterocycles. The number of anilines is 2. The Hall–Kier alpha value is -1.95. The number of aromatic nitrogens is 2. The van der Waals surface area contributed by atoms with Gasteiger partial charge in [0, 0.05) is 12.7 Å². The predicted octanol–water partition coefficient (Wildman–Crippen LogP) is 3.04. The van der Waals surface area contributed by atoms with Gasteiger partial charge in [-0.2, -0.15) is 0 Å². The largest absolute Gasteiger partial charge is 0.406 e. The molecule has 108 valence electrons. The van der Waals surface area contributed by atoms with Crippen LogP contribution in [0, 0.1) is 5.82 Å². The van der Waals surface area contributed by atoms with Crippen LogP contribution in [0.3, 0.4) is 0 Å². The summed E-state index contributed by atoms with van der Waals surface area (Å²) in [4.78, 5) is 1.66. The van der Waals surface area contributed by atoms with Crippen molar-refractivity contribution in [3.05, 3.63) is 36.0 Å². The van der Waals surface area contributed by atoms with Gasteiger partial charge in [-0.25, -0.2) is 4.39 Å². The average Bonchev–Trinajstić information content (AvgIpc) is 2.93. The third-order valence-corrected chi connectivity index (χ3v) is 2.98. The minimum absolute atomic E-state index is 0.00268. The van der Waals surface area contributed by atoms with E-state index in [-0.39, 0.29) is 11.9 Å². The van der Waals surface area contributed by atoms with E-state index >= 15 is 0 Å². The smallest absolute Gasteiger partial charge is 0.322 e. The molecule has 20 heavy (non-hydrogen) atoms. The molecule has 0 bridgehead atoms. The number of hydrogen-bond acceptors (Lipinski definition) is 5. The molecule has 1 atom stereocenters. The molecule has 0 radical (unpaired) electrons. The first-order valence-electron chi connectivity index (χ1n) is 6.68. The Kier molecular flexibility index (Phi) is 4.68. The van der Waals surface area contributed by atoms with E-state index in [4.69, 9.17) is 4.42 Å². The molecule has 0 aliphatic rings. The number of halogens is 1. The second-order valence-electron chi connectivity index (χ2n) is 4.64. The standard InChI is InChI=1S/C14H19FN4O/c1-4-8-16-10(2)13-17-18-14(20-13)19(3)12-7-5-6-11(15)9-12/h5-7,9-10,16H,4,8H2,1-3H3. The molecule has 2 aromatic rings. The van der Waals surface area contributed by atoms with E-state index in [1.54, 1.807) is 24.1 Å². The first-order chi connectivity index (χ1) is 9.61. The normalized spacial score (nSPS) is 12.4. The van der Waals surface area contributed by atoms with E-state index in [9.17, 15) is 4.39 Å². The maximum Gasteiger partial charge on any atom is 0.322 e. The Morgan fingerprint density at radius 3 is 2.90 bits per heavy atom. The minimum Gasteiger partial charge on any atom is -0.406 e. The average molecular weight is 278 g/mol. The molecule has 1 aromatic carbocycles. The third kappa shape index (κ3) is 3.33. The highest BCUT2D eigenvalue weighted by atomic mass is 19.1. The zero-order valence-electron chi connectivity index (χ0n) is 11.9. The molecule has 0 spiro atoms. The van der Waals surface area contributed by atoms with Crippen molar-refractivity contribution in [2.24, 2.45) is 0 Å². The summed E-state index contributed by atoms with van der Waals surface area (Å²) in [7, 11) is 1.76. The van der Waals surface area contributed by atoms with Gasteiger partial charge in [0.05, 0.1) is 6.04 Å². The van der Waals surface area contributed by atoms with E-state index in [2.05, 4.69) is 22.4 Å². The summed E-state index contributed by atoms with van der Waals surface area (Å²) in [5.41, 5.74) is 0.661. The lowest BCUT2D eigenvalue weighted by atomic mass is 10.3. The molecular weight excluding hydrogens is 259 g/mol. The van der Waals surface area contributed by atoms with Crippen LogP contribution >= 0.6 is 0 Å². The van der Waals surface area contributed by atoms with Crippen molar-refractivity contribution in [2.75, 3.05) is 18.5 Å². The summed E-state index contributed by atoms with van der Waals surface area (Å²) in [6.07, 6.45) is 1.04. The van der Waals surface area contributed by atoms with E-state index in [0.717, 1.165) is 13.0 Å². The summed E-state index contributed by atoms with van der Waals surface area (Å²) in [6, 6.07) is 6.58. The molecule has 1 N–H and O–H groups in total. The van der Waals surface area contributed by atoms with Crippen LogP contribution in [-0.4, -0.2) is 23.8 Å². The van der Waals surface area contributed by atoms with Crippen LogP contribution in [0.4, 0.5) is 16.1 Å². The molecule has 6 heteroatoms. The van der Waals surface area contributed by atoms with Crippen LogP contribution in [0.5, 0.6) is 0 Å². The predicted molar refractivity (Wildman–Crippen MR) is 75.5 cm³/mol. The van der Waals surface area contributed by atoms with Crippen LogP contribution in [-0.2, 0) is 0 Å². The summed E-state index contributed by atoms with van der Waals surface area (Å²) >= 11 is 0. The number of rotatable bonds is 6. The van der Waals surface area contributed by atoms with Gasteiger partial charge in [0.25, 0.3) is 0 Å². The zero-order chi connectivity index (χ0) is 14.5. The molecule has 1 aromatic heterocycles. The Bertz CT molecular complexity index is 558. The van der Waals surface area contributed by atoms with E-state index in [0.29, 0.717) is 17.6 Å². The molecule has 1 unspecified atom stereocenters. The number of nitrogens with one attached hydrogen (secondary N) is 1. The van der Waals surface area contributed by atoms with Gasteiger partial charge in [-0.3, -0.25) is 4.90 Å². The van der Waals surface area contributed by atoms with E-state index in [1.165, 1.54) is 12.1 Å². The molecule has 1 heterocycles. The monoisotopic (exact) mass is 278 g/mol. The van der Waals surface area contributed by atoms with Gasteiger partial charge in [0.15, 0.2) is 0 Å². The molecular formula is C14H19FN4O. The molecule has 0 aliphatic heterocycles. The lowest BCUT2D eigenvalue weighted by Gasteiger charge is -2.14. The summed E-state index contributed by atoms with van der Waals surface area (Å²) in [6.45, 7) is 4.95. The number of nitrogens with zero attached hydrogens (tertiary/aromatic N) is 3. The lowest BCUT2D eigenvalue weighted by Crippen LogP contribution is -2.19. The quantitative estimate of drug-likeness (QED) is 0.880. The zero-order valence-corrected chi connectivity index (χ0v) is 11.9. The fraction of sp³-hybridized carbons (Fsp3) is 0.429. The van der Waals surface area contributed by atoms with Crippen LogP contribution in [0.15, 0.2) is 28.7 Å². The molecule has 5 nitrogen and oxygen atoms in total. The number of hydrogen-bond donors (Lipinski definition) is 1. The SMILES string of the molecule is CCCNC(C)c1nnc(N(C)c2cccc(F)c2)o1. The Morgan fingerprint density at radius 2 is 2.20 bits per heavy atom. The van der Waals surface area contributed by atoms with Crippen LogP contribution < -0.4 is 10.2 Å². The van der Waals surface area contributed by atoms with Crippen molar-refractivity contribution >= 4 is 11.7 Å². The highest BCUT2D eigenvalue weighted by Crippen LogP contribution is 2.24. The molecule has 0 saturated carbocycles. The van der Waals surface area contributed by atoms with Gasteiger partial charge in [0.2, 0.25) is 5.89 Å². The van der Waals surface area contributed by atoms with Crippen molar-refractivity contribution in [1.29, 1.82) is 0 Å². The fourth-order valence-corrected chi connectivity index (χ4v) is 1.78.